The minimum absolute atomic E-state index is 0. The van der Waals surface area contributed by atoms with Gasteiger partial charge in [0.05, 0.1) is 23.7 Å². The Morgan fingerprint density at radius 2 is 0.706 bits per heavy atom. The molecular formula is C8H10MgO8. The third-order valence-corrected chi connectivity index (χ3v) is 2.69. The van der Waals surface area contributed by atoms with Gasteiger partial charge in [0.25, 0.3) is 0 Å². The zero-order valence-electron chi connectivity index (χ0n) is 10.4. The van der Waals surface area contributed by atoms with Crippen LogP contribution in [-0.2, 0) is 19.2 Å². The van der Waals surface area contributed by atoms with Gasteiger partial charge in [0.15, 0.2) is 0 Å². The summed E-state index contributed by atoms with van der Waals surface area (Å²) in [5.74, 6) is -13.2. The van der Waals surface area contributed by atoms with E-state index in [4.69, 9.17) is 20.4 Å². The monoisotopic (exact) mass is 258 g/mol. The van der Waals surface area contributed by atoms with Crippen molar-refractivity contribution in [1.29, 1.82) is 0 Å². The number of carboxylic acid groups (broad SMARTS) is 4. The molecule has 0 aromatic carbocycles. The van der Waals surface area contributed by atoms with Gasteiger partial charge in [0.1, 0.15) is 0 Å². The molecule has 1 saturated carbocycles. The quantitative estimate of drug-likeness (QED) is 0.452. The van der Waals surface area contributed by atoms with Gasteiger partial charge in [-0.15, -0.1) is 0 Å². The number of hydrogen-bond donors (Lipinski definition) is 4. The van der Waals surface area contributed by atoms with Crippen molar-refractivity contribution in [2.24, 2.45) is 23.7 Å². The summed E-state index contributed by atoms with van der Waals surface area (Å²) in [7, 11) is 0. The zero-order chi connectivity index (χ0) is 12.6. The van der Waals surface area contributed by atoms with Gasteiger partial charge in [-0.25, -0.2) is 0 Å². The van der Waals surface area contributed by atoms with Crippen molar-refractivity contribution in [3.63, 3.8) is 0 Å². The molecule has 92 valence electrons. The Hall–Kier alpha value is -1.35. The van der Waals surface area contributed by atoms with E-state index in [1.807, 2.05) is 0 Å². The van der Waals surface area contributed by atoms with Gasteiger partial charge in [-0.05, 0) is 0 Å². The van der Waals surface area contributed by atoms with E-state index in [1.54, 1.807) is 0 Å². The van der Waals surface area contributed by atoms with Crippen LogP contribution in [0.15, 0.2) is 0 Å². The predicted octanol–water partition coefficient (Wildman–Crippen LogP) is -1.35. The van der Waals surface area contributed by atoms with Crippen molar-refractivity contribution in [2.75, 3.05) is 0 Å². The average Bonchev–Trinajstić information content (AvgIpc) is 1.97. The Balaban J connectivity index is -0.000000853. The Morgan fingerprint density at radius 3 is 0.765 bits per heavy atom. The fourth-order valence-corrected chi connectivity index (χ4v) is 1.98. The SMILES string of the molecule is O=C(O)C1C(C(=O)O)C(C(=O)O)C1C(=O)O.[H-].[H-].[Mg+2]. The van der Waals surface area contributed by atoms with Crippen LogP contribution in [0.2, 0.25) is 0 Å². The molecule has 1 rings (SSSR count). The molecule has 0 radical (unpaired) electrons. The van der Waals surface area contributed by atoms with Crippen molar-refractivity contribution >= 4 is 46.9 Å². The average molecular weight is 258 g/mol. The fraction of sp³-hybridized carbons (Fsp3) is 0.500. The predicted molar refractivity (Wildman–Crippen MR) is 52.5 cm³/mol. The topological polar surface area (TPSA) is 149 Å². The van der Waals surface area contributed by atoms with Crippen LogP contribution >= 0.6 is 0 Å². The first-order chi connectivity index (χ1) is 7.29. The molecule has 0 amide bonds. The zero-order valence-corrected chi connectivity index (χ0v) is 9.85. The van der Waals surface area contributed by atoms with Crippen molar-refractivity contribution < 1.29 is 42.5 Å². The number of rotatable bonds is 4. The third kappa shape index (κ3) is 2.49. The first kappa shape index (κ1) is 15.6. The van der Waals surface area contributed by atoms with E-state index < -0.39 is 47.5 Å². The molecule has 0 heterocycles. The molecule has 1 aliphatic rings. The Morgan fingerprint density at radius 1 is 0.588 bits per heavy atom. The second-order valence-corrected chi connectivity index (χ2v) is 3.46. The fourth-order valence-electron chi connectivity index (χ4n) is 1.98. The van der Waals surface area contributed by atoms with Crippen LogP contribution in [-0.4, -0.2) is 67.4 Å². The van der Waals surface area contributed by atoms with Gasteiger partial charge >= 0.3 is 46.9 Å². The van der Waals surface area contributed by atoms with Gasteiger partial charge in [0, 0.05) is 0 Å². The van der Waals surface area contributed by atoms with Crippen LogP contribution in [0.25, 0.3) is 0 Å². The molecule has 17 heavy (non-hydrogen) atoms. The van der Waals surface area contributed by atoms with Crippen molar-refractivity contribution in [3.8, 4) is 0 Å². The number of hydrogen-bond acceptors (Lipinski definition) is 4. The molecule has 0 saturated heterocycles. The summed E-state index contributed by atoms with van der Waals surface area (Å²) < 4.78 is 0. The maximum atomic E-state index is 10.7. The molecule has 0 spiro atoms. The minimum atomic E-state index is -1.70. The molecule has 0 atom stereocenters. The van der Waals surface area contributed by atoms with E-state index >= 15 is 0 Å². The van der Waals surface area contributed by atoms with Crippen molar-refractivity contribution in [1.82, 2.24) is 0 Å². The summed E-state index contributed by atoms with van der Waals surface area (Å²) >= 11 is 0. The third-order valence-electron chi connectivity index (χ3n) is 2.69. The molecule has 8 nitrogen and oxygen atoms in total. The van der Waals surface area contributed by atoms with E-state index in [-0.39, 0.29) is 25.9 Å². The minimum Gasteiger partial charge on any atom is -1.00 e. The smallest absolute Gasteiger partial charge is 1.00 e. The van der Waals surface area contributed by atoms with E-state index in [9.17, 15) is 19.2 Å². The number of aliphatic carboxylic acids is 4. The van der Waals surface area contributed by atoms with Gasteiger partial charge < -0.3 is 23.3 Å². The molecular weight excluding hydrogens is 248 g/mol. The normalized spacial score (nSPS) is 30.6. The van der Waals surface area contributed by atoms with Crippen LogP contribution in [0, 0.1) is 23.7 Å². The molecule has 9 heteroatoms. The Labute approximate surface area is 113 Å². The number of carboxylic acids is 4. The maximum Gasteiger partial charge on any atom is 2.00 e. The van der Waals surface area contributed by atoms with Gasteiger partial charge in [0.2, 0.25) is 0 Å². The molecule has 1 aliphatic carbocycles. The number of carbonyl (C=O) groups is 4. The van der Waals surface area contributed by atoms with Crippen LogP contribution in [0.1, 0.15) is 2.85 Å². The summed E-state index contributed by atoms with van der Waals surface area (Å²) in [6.07, 6.45) is 0. The van der Waals surface area contributed by atoms with Crippen LogP contribution in [0.4, 0.5) is 0 Å². The van der Waals surface area contributed by atoms with Crippen LogP contribution < -0.4 is 0 Å². The first-order valence-corrected chi connectivity index (χ1v) is 4.20. The van der Waals surface area contributed by atoms with Gasteiger partial charge in [-0.1, -0.05) is 0 Å². The Bertz CT molecular complexity index is 307. The summed E-state index contributed by atoms with van der Waals surface area (Å²) in [5.41, 5.74) is 0. The molecule has 4 N–H and O–H groups in total. The summed E-state index contributed by atoms with van der Waals surface area (Å²) in [4.78, 5) is 42.6. The maximum absolute atomic E-state index is 10.7. The molecule has 0 unspecified atom stereocenters. The first-order valence-electron chi connectivity index (χ1n) is 4.20. The van der Waals surface area contributed by atoms with E-state index in [2.05, 4.69) is 0 Å². The molecule has 0 bridgehead atoms. The largest absolute Gasteiger partial charge is 2.00 e. The molecule has 0 aromatic rings. The van der Waals surface area contributed by atoms with E-state index in [0.29, 0.717) is 0 Å². The van der Waals surface area contributed by atoms with Crippen molar-refractivity contribution in [2.45, 2.75) is 0 Å². The van der Waals surface area contributed by atoms with Crippen LogP contribution in [0.5, 0.6) is 0 Å². The summed E-state index contributed by atoms with van der Waals surface area (Å²) in [5, 5.41) is 34.6. The molecule has 0 aromatic heterocycles. The summed E-state index contributed by atoms with van der Waals surface area (Å²) in [6, 6.07) is 0. The molecule has 1 fully saturated rings. The van der Waals surface area contributed by atoms with Crippen molar-refractivity contribution in [3.05, 3.63) is 0 Å². The van der Waals surface area contributed by atoms with Gasteiger partial charge in [-0.3, -0.25) is 19.2 Å². The molecule has 0 aliphatic heterocycles. The second-order valence-electron chi connectivity index (χ2n) is 3.46. The van der Waals surface area contributed by atoms with Gasteiger partial charge in [-0.2, -0.15) is 0 Å². The second kappa shape index (κ2) is 5.32. The van der Waals surface area contributed by atoms with Crippen LogP contribution in [0.3, 0.4) is 0 Å². The van der Waals surface area contributed by atoms with E-state index in [1.165, 1.54) is 0 Å². The Kier molecular flexibility index (Phi) is 4.89. The van der Waals surface area contributed by atoms with E-state index in [0.717, 1.165) is 0 Å². The standard InChI is InChI=1S/C8H8O8.Mg.2H/c9-5(10)1-2(6(11)12)4(8(15)16)3(1)7(13)14;;;/h1-4H,(H,9,10)(H,11,12)(H,13,14)(H,15,16);;;/q;+2;2*-1. The summed E-state index contributed by atoms with van der Waals surface area (Å²) in [6.45, 7) is 0.